The fourth-order valence-corrected chi connectivity index (χ4v) is 1.69. The molecule has 0 radical (unpaired) electrons. The quantitative estimate of drug-likeness (QED) is 0.709. The van der Waals surface area contributed by atoms with Crippen LogP contribution in [0.1, 0.15) is 27.2 Å². The van der Waals surface area contributed by atoms with Crippen LogP contribution in [0.15, 0.2) is 35.8 Å². The molecule has 0 amide bonds. The molecular weight excluding hydrogens is 198 g/mol. The number of hydrogen-bond donors (Lipinski definition) is 0. The minimum atomic E-state index is 0.671. The second kappa shape index (κ2) is 6.41. The minimum absolute atomic E-state index is 0.671. The molecule has 0 saturated heterocycles. The van der Waals surface area contributed by atoms with Crippen LogP contribution in [0.3, 0.4) is 0 Å². The van der Waals surface area contributed by atoms with Crippen LogP contribution in [-0.2, 0) is 4.74 Å². The van der Waals surface area contributed by atoms with Crippen LogP contribution >= 0.6 is 0 Å². The summed E-state index contributed by atoms with van der Waals surface area (Å²) >= 11 is 0. The van der Waals surface area contributed by atoms with Crippen molar-refractivity contribution in [3.63, 3.8) is 0 Å². The Kier molecular flexibility index (Phi) is 5.17. The van der Waals surface area contributed by atoms with Crippen molar-refractivity contribution < 1.29 is 4.74 Å². The zero-order valence-electron chi connectivity index (χ0n) is 10.9. The lowest BCUT2D eigenvalue weighted by Crippen LogP contribution is -2.17. The molecule has 0 spiro atoms. The monoisotopic (exact) mass is 221 g/mol. The largest absolute Gasteiger partial charge is 0.496 e. The lowest BCUT2D eigenvalue weighted by atomic mass is 10.0. The smallest absolute Gasteiger partial charge is 0.105 e. The van der Waals surface area contributed by atoms with Crippen LogP contribution in [0.4, 0.5) is 0 Å². The van der Waals surface area contributed by atoms with Gasteiger partial charge in [0.2, 0.25) is 0 Å². The van der Waals surface area contributed by atoms with E-state index >= 15 is 0 Å². The number of allylic oxidation sites excluding steroid dienone is 5. The Labute approximate surface area is 99.3 Å². The van der Waals surface area contributed by atoms with Gasteiger partial charge in [-0.2, -0.15) is 0 Å². The van der Waals surface area contributed by atoms with E-state index in [4.69, 9.17) is 4.74 Å². The van der Waals surface area contributed by atoms with Crippen LogP contribution in [-0.4, -0.2) is 25.1 Å². The van der Waals surface area contributed by atoms with Crippen LogP contribution in [0.25, 0.3) is 0 Å². The standard InChI is InChI=1S/C14H23NO/c1-12(2)10-14-6-5-7-15(4)8-9-16-13(3)11-14/h5-7,11-12H,8-10H2,1-4H3/b7-5+,13-11+,14-6-. The van der Waals surface area contributed by atoms with Crippen LogP contribution in [0.5, 0.6) is 0 Å². The molecule has 0 fully saturated rings. The SMILES string of the molecule is C\C1=C/C(CC(C)C)=C\C=C\N(C)CCO1. The Hall–Kier alpha value is -1.18. The average Bonchev–Trinajstić information content (AvgIpc) is 2.15. The van der Waals surface area contributed by atoms with Crippen LogP contribution in [0.2, 0.25) is 0 Å². The summed E-state index contributed by atoms with van der Waals surface area (Å²) in [6.07, 6.45) is 9.63. The molecule has 0 saturated carbocycles. The maximum Gasteiger partial charge on any atom is 0.105 e. The van der Waals surface area contributed by atoms with Crippen molar-refractivity contribution in [2.45, 2.75) is 27.2 Å². The third-order valence-corrected chi connectivity index (χ3v) is 2.46. The van der Waals surface area contributed by atoms with E-state index in [2.05, 4.69) is 50.2 Å². The molecule has 0 aromatic rings. The summed E-state index contributed by atoms with van der Waals surface area (Å²) in [5.74, 6) is 1.68. The Morgan fingerprint density at radius 2 is 2.19 bits per heavy atom. The molecule has 0 atom stereocenters. The predicted octanol–water partition coefficient (Wildman–Crippen LogP) is 3.34. The van der Waals surface area contributed by atoms with Crippen molar-refractivity contribution in [1.82, 2.24) is 4.90 Å². The third-order valence-electron chi connectivity index (χ3n) is 2.46. The second-order valence-corrected chi connectivity index (χ2v) is 4.77. The minimum Gasteiger partial charge on any atom is -0.496 e. The average molecular weight is 221 g/mol. The second-order valence-electron chi connectivity index (χ2n) is 4.77. The van der Waals surface area contributed by atoms with E-state index in [1.54, 1.807) is 0 Å². The lowest BCUT2D eigenvalue weighted by Gasteiger charge is -2.16. The summed E-state index contributed by atoms with van der Waals surface area (Å²) in [6.45, 7) is 8.17. The fourth-order valence-electron chi connectivity index (χ4n) is 1.69. The molecule has 1 rings (SSSR count). The zero-order valence-corrected chi connectivity index (χ0v) is 10.9. The van der Waals surface area contributed by atoms with Gasteiger partial charge in [0.25, 0.3) is 0 Å². The van der Waals surface area contributed by atoms with Gasteiger partial charge < -0.3 is 9.64 Å². The third kappa shape index (κ3) is 5.06. The van der Waals surface area contributed by atoms with Gasteiger partial charge in [-0.25, -0.2) is 0 Å². The zero-order chi connectivity index (χ0) is 12.0. The highest BCUT2D eigenvalue weighted by atomic mass is 16.5. The highest BCUT2D eigenvalue weighted by Gasteiger charge is 2.01. The van der Waals surface area contributed by atoms with Crippen molar-refractivity contribution in [3.8, 4) is 0 Å². The van der Waals surface area contributed by atoms with Gasteiger partial charge in [0.1, 0.15) is 6.61 Å². The van der Waals surface area contributed by atoms with Crippen molar-refractivity contribution in [1.29, 1.82) is 0 Å². The summed E-state index contributed by atoms with van der Waals surface area (Å²) < 4.78 is 5.65. The van der Waals surface area contributed by atoms with Crippen molar-refractivity contribution in [2.75, 3.05) is 20.2 Å². The van der Waals surface area contributed by atoms with Gasteiger partial charge in [-0.15, -0.1) is 0 Å². The first-order valence-corrected chi connectivity index (χ1v) is 5.96. The summed E-state index contributed by atoms with van der Waals surface area (Å²) in [5, 5.41) is 0. The van der Waals surface area contributed by atoms with Crippen molar-refractivity contribution in [2.24, 2.45) is 5.92 Å². The Balaban J connectivity index is 2.80. The molecule has 2 heteroatoms. The number of nitrogens with zero attached hydrogens (tertiary/aromatic N) is 1. The molecule has 90 valence electrons. The first-order valence-electron chi connectivity index (χ1n) is 5.96. The summed E-state index contributed by atoms with van der Waals surface area (Å²) in [5.41, 5.74) is 1.33. The highest BCUT2D eigenvalue weighted by Crippen LogP contribution is 2.15. The van der Waals surface area contributed by atoms with Gasteiger partial charge >= 0.3 is 0 Å². The fraction of sp³-hybridized carbons (Fsp3) is 0.571. The van der Waals surface area contributed by atoms with Gasteiger partial charge in [0, 0.05) is 7.05 Å². The number of hydrogen-bond acceptors (Lipinski definition) is 2. The van der Waals surface area contributed by atoms with E-state index in [-0.39, 0.29) is 0 Å². The molecule has 0 aliphatic carbocycles. The molecule has 0 unspecified atom stereocenters. The van der Waals surface area contributed by atoms with Crippen LogP contribution < -0.4 is 0 Å². The van der Waals surface area contributed by atoms with Gasteiger partial charge in [0.05, 0.1) is 12.3 Å². The molecule has 1 aliphatic rings. The summed E-state index contributed by atoms with van der Waals surface area (Å²) in [6, 6.07) is 0. The normalized spacial score (nSPS) is 26.4. The molecule has 1 aliphatic heterocycles. The Bertz CT molecular complexity index is 300. The highest BCUT2D eigenvalue weighted by molar-refractivity contribution is 5.25. The molecule has 0 aromatic carbocycles. The van der Waals surface area contributed by atoms with Gasteiger partial charge in [0.15, 0.2) is 0 Å². The van der Waals surface area contributed by atoms with Gasteiger partial charge in [-0.05, 0) is 43.2 Å². The predicted molar refractivity (Wildman–Crippen MR) is 69.0 cm³/mol. The van der Waals surface area contributed by atoms with Crippen LogP contribution in [0, 0.1) is 5.92 Å². The Morgan fingerprint density at radius 1 is 1.44 bits per heavy atom. The molecule has 0 bridgehead atoms. The van der Waals surface area contributed by atoms with E-state index in [0.29, 0.717) is 5.92 Å². The molecule has 0 aromatic heterocycles. The molecule has 2 nitrogen and oxygen atoms in total. The Morgan fingerprint density at radius 3 is 2.88 bits per heavy atom. The number of likely N-dealkylation sites (N-methyl/N-ethyl adjacent to an activating group) is 1. The van der Waals surface area contributed by atoms with Gasteiger partial charge in [-0.3, -0.25) is 0 Å². The molecule has 1 heterocycles. The maximum absolute atomic E-state index is 5.65. The molecule has 0 N–H and O–H groups in total. The number of rotatable bonds is 2. The van der Waals surface area contributed by atoms with Crippen molar-refractivity contribution >= 4 is 0 Å². The van der Waals surface area contributed by atoms with E-state index in [1.165, 1.54) is 5.57 Å². The molecular formula is C14H23NO. The summed E-state index contributed by atoms with van der Waals surface area (Å²) in [7, 11) is 2.07. The molecule has 16 heavy (non-hydrogen) atoms. The van der Waals surface area contributed by atoms with E-state index in [9.17, 15) is 0 Å². The topological polar surface area (TPSA) is 12.5 Å². The number of ether oxygens (including phenoxy) is 1. The first kappa shape index (κ1) is 12.9. The van der Waals surface area contributed by atoms with E-state index in [1.807, 2.05) is 6.92 Å². The summed E-state index contributed by atoms with van der Waals surface area (Å²) in [4.78, 5) is 2.14. The van der Waals surface area contributed by atoms with Gasteiger partial charge in [-0.1, -0.05) is 19.9 Å². The first-order chi connectivity index (χ1) is 7.58. The lowest BCUT2D eigenvalue weighted by molar-refractivity contribution is 0.191. The van der Waals surface area contributed by atoms with E-state index < -0.39 is 0 Å². The van der Waals surface area contributed by atoms with Crippen molar-refractivity contribution in [3.05, 3.63) is 35.8 Å². The van der Waals surface area contributed by atoms with E-state index in [0.717, 1.165) is 25.3 Å². The maximum atomic E-state index is 5.65.